The van der Waals surface area contributed by atoms with Gasteiger partial charge in [-0.1, -0.05) is 20.3 Å². The fourth-order valence-electron chi connectivity index (χ4n) is 2.21. The second-order valence-electron chi connectivity index (χ2n) is 5.09. The molecule has 0 heterocycles. The monoisotopic (exact) mass is 227 g/mol. The lowest BCUT2D eigenvalue weighted by Crippen LogP contribution is -2.40. The van der Waals surface area contributed by atoms with Crippen LogP contribution in [-0.2, 0) is 4.79 Å². The summed E-state index contributed by atoms with van der Waals surface area (Å²) in [5.41, 5.74) is 0. The molecule has 1 fully saturated rings. The van der Waals surface area contributed by atoms with Gasteiger partial charge in [0.15, 0.2) is 0 Å². The molecule has 0 aromatic carbocycles. The first-order valence-corrected chi connectivity index (χ1v) is 6.53. The van der Waals surface area contributed by atoms with Crippen molar-refractivity contribution in [3.05, 3.63) is 0 Å². The van der Waals surface area contributed by atoms with Gasteiger partial charge < -0.3 is 5.11 Å². The highest BCUT2D eigenvalue weighted by Gasteiger charge is 2.33. The molecule has 0 spiro atoms. The van der Waals surface area contributed by atoms with Gasteiger partial charge in [0, 0.05) is 18.5 Å². The number of rotatable bonds is 8. The fourth-order valence-corrected chi connectivity index (χ4v) is 2.21. The highest BCUT2D eigenvalue weighted by molar-refractivity contribution is 5.66. The Morgan fingerprint density at radius 2 is 2.06 bits per heavy atom. The molecule has 1 saturated carbocycles. The van der Waals surface area contributed by atoms with E-state index in [1.54, 1.807) is 0 Å². The van der Waals surface area contributed by atoms with Gasteiger partial charge in [-0.25, -0.2) is 0 Å². The van der Waals surface area contributed by atoms with Crippen LogP contribution >= 0.6 is 0 Å². The Kier molecular flexibility index (Phi) is 5.26. The lowest BCUT2D eigenvalue weighted by atomic mass is 9.99. The second-order valence-corrected chi connectivity index (χ2v) is 5.09. The van der Waals surface area contributed by atoms with Gasteiger partial charge in [-0.15, -0.1) is 0 Å². The third-order valence-electron chi connectivity index (χ3n) is 3.81. The van der Waals surface area contributed by atoms with Gasteiger partial charge in [-0.3, -0.25) is 9.69 Å². The van der Waals surface area contributed by atoms with Gasteiger partial charge in [0.25, 0.3) is 0 Å². The molecule has 0 saturated heterocycles. The summed E-state index contributed by atoms with van der Waals surface area (Å²) in [5.74, 6) is 0.0253. The SMILES string of the molecule is CCC(C)C(C)N(CCCC(=O)O)C1CC1. The van der Waals surface area contributed by atoms with E-state index in [2.05, 4.69) is 25.7 Å². The Labute approximate surface area is 98.8 Å². The van der Waals surface area contributed by atoms with E-state index in [0.29, 0.717) is 18.4 Å². The van der Waals surface area contributed by atoms with Gasteiger partial charge in [0.2, 0.25) is 0 Å². The van der Waals surface area contributed by atoms with Crippen LogP contribution in [0.3, 0.4) is 0 Å². The van der Waals surface area contributed by atoms with E-state index in [1.807, 2.05) is 0 Å². The minimum absolute atomic E-state index is 0.302. The summed E-state index contributed by atoms with van der Waals surface area (Å²) in [5, 5.41) is 8.66. The normalized spacial score (nSPS) is 19.8. The standard InChI is InChI=1S/C13H25NO2/c1-4-10(2)11(3)14(12-7-8-12)9-5-6-13(15)16/h10-12H,4-9H2,1-3H3,(H,15,16). The van der Waals surface area contributed by atoms with Crippen LogP contribution in [-0.4, -0.2) is 34.6 Å². The molecular weight excluding hydrogens is 202 g/mol. The quantitative estimate of drug-likeness (QED) is 0.693. The third kappa shape index (κ3) is 4.12. The van der Waals surface area contributed by atoms with E-state index >= 15 is 0 Å². The first kappa shape index (κ1) is 13.5. The molecular formula is C13H25NO2. The van der Waals surface area contributed by atoms with Crippen molar-refractivity contribution in [2.24, 2.45) is 5.92 Å². The van der Waals surface area contributed by atoms with E-state index < -0.39 is 5.97 Å². The van der Waals surface area contributed by atoms with Crippen LogP contribution in [0, 0.1) is 5.92 Å². The number of carbonyl (C=O) groups is 1. The van der Waals surface area contributed by atoms with Crippen molar-refractivity contribution in [2.75, 3.05) is 6.54 Å². The van der Waals surface area contributed by atoms with Gasteiger partial charge in [0.1, 0.15) is 0 Å². The largest absolute Gasteiger partial charge is 0.481 e. The topological polar surface area (TPSA) is 40.5 Å². The Hall–Kier alpha value is -0.570. The zero-order valence-electron chi connectivity index (χ0n) is 10.8. The Morgan fingerprint density at radius 3 is 2.50 bits per heavy atom. The summed E-state index contributed by atoms with van der Waals surface area (Å²) in [4.78, 5) is 13.0. The molecule has 0 bridgehead atoms. The van der Waals surface area contributed by atoms with Crippen molar-refractivity contribution in [1.29, 1.82) is 0 Å². The lowest BCUT2D eigenvalue weighted by Gasteiger charge is -2.33. The number of aliphatic carboxylic acids is 1. The minimum atomic E-state index is -0.674. The summed E-state index contributed by atoms with van der Waals surface area (Å²) in [6, 6.07) is 1.32. The molecule has 1 rings (SSSR count). The smallest absolute Gasteiger partial charge is 0.303 e. The molecule has 2 atom stereocenters. The molecule has 0 radical (unpaired) electrons. The van der Waals surface area contributed by atoms with Crippen molar-refractivity contribution in [3.8, 4) is 0 Å². The third-order valence-corrected chi connectivity index (χ3v) is 3.81. The highest BCUT2D eigenvalue weighted by atomic mass is 16.4. The average Bonchev–Trinajstić information content (AvgIpc) is 3.05. The number of carboxylic acid groups (broad SMARTS) is 1. The molecule has 94 valence electrons. The summed E-state index contributed by atoms with van der Waals surface area (Å²) < 4.78 is 0. The molecule has 0 aromatic rings. The summed E-state index contributed by atoms with van der Waals surface area (Å²) in [6.07, 6.45) is 4.88. The lowest BCUT2D eigenvalue weighted by molar-refractivity contribution is -0.137. The zero-order chi connectivity index (χ0) is 12.1. The number of hydrogen-bond donors (Lipinski definition) is 1. The summed E-state index contributed by atoms with van der Waals surface area (Å²) in [7, 11) is 0. The first-order valence-electron chi connectivity index (χ1n) is 6.53. The number of nitrogens with zero attached hydrogens (tertiary/aromatic N) is 1. The van der Waals surface area contributed by atoms with Crippen LogP contribution in [0.15, 0.2) is 0 Å². The maximum absolute atomic E-state index is 10.5. The molecule has 0 aromatic heterocycles. The van der Waals surface area contributed by atoms with Gasteiger partial charge in [-0.2, -0.15) is 0 Å². The van der Waals surface area contributed by atoms with Crippen LogP contribution in [0.4, 0.5) is 0 Å². The maximum Gasteiger partial charge on any atom is 0.303 e. The molecule has 2 unspecified atom stereocenters. The van der Waals surface area contributed by atoms with E-state index in [1.165, 1.54) is 19.3 Å². The predicted octanol–water partition coefficient (Wildman–Crippen LogP) is 2.75. The van der Waals surface area contributed by atoms with Crippen molar-refractivity contribution in [2.45, 2.75) is 65.0 Å². The van der Waals surface area contributed by atoms with E-state index in [4.69, 9.17) is 5.11 Å². The molecule has 0 amide bonds. The second kappa shape index (κ2) is 6.24. The van der Waals surface area contributed by atoms with E-state index in [0.717, 1.165) is 19.0 Å². The molecule has 16 heavy (non-hydrogen) atoms. The van der Waals surface area contributed by atoms with Crippen LogP contribution in [0.25, 0.3) is 0 Å². The summed E-state index contributed by atoms with van der Waals surface area (Å²) in [6.45, 7) is 7.75. The molecule has 0 aliphatic heterocycles. The number of hydrogen-bond acceptors (Lipinski definition) is 2. The van der Waals surface area contributed by atoms with Gasteiger partial charge in [0.05, 0.1) is 0 Å². The van der Waals surface area contributed by atoms with E-state index in [-0.39, 0.29) is 0 Å². The van der Waals surface area contributed by atoms with Crippen molar-refractivity contribution < 1.29 is 9.90 Å². The van der Waals surface area contributed by atoms with Crippen LogP contribution in [0.2, 0.25) is 0 Å². The van der Waals surface area contributed by atoms with Crippen molar-refractivity contribution in [3.63, 3.8) is 0 Å². The van der Waals surface area contributed by atoms with E-state index in [9.17, 15) is 4.79 Å². The molecule has 1 N–H and O–H groups in total. The first-order chi connectivity index (χ1) is 7.56. The average molecular weight is 227 g/mol. The fraction of sp³-hybridized carbons (Fsp3) is 0.923. The molecule has 3 nitrogen and oxygen atoms in total. The van der Waals surface area contributed by atoms with Gasteiger partial charge >= 0.3 is 5.97 Å². The summed E-state index contributed by atoms with van der Waals surface area (Å²) >= 11 is 0. The minimum Gasteiger partial charge on any atom is -0.481 e. The highest BCUT2D eigenvalue weighted by Crippen LogP contribution is 2.31. The Balaban J connectivity index is 2.37. The Bertz CT molecular complexity index is 226. The van der Waals surface area contributed by atoms with Crippen LogP contribution in [0.1, 0.15) is 52.9 Å². The molecule has 1 aliphatic rings. The van der Waals surface area contributed by atoms with Crippen LogP contribution < -0.4 is 0 Å². The zero-order valence-corrected chi connectivity index (χ0v) is 10.8. The molecule has 3 heteroatoms. The van der Waals surface area contributed by atoms with Crippen molar-refractivity contribution >= 4 is 5.97 Å². The molecule has 1 aliphatic carbocycles. The van der Waals surface area contributed by atoms with Gasteiger partial charge in [-0.05, 0) is 38.6 Å². The number of carboxylic acids is 1. The van der Waals surface area contributed by atoms with Crippen molar-refractivity contribution in [1.82, 2.24) is 4.90 Å². The maximum atomic E-state index is 10.5. The van der Waals surface area contributed by atoms with Crippen LogP contribution in [0.5, 0.6) is 0 Å². The Morgan fingerprint density at radius 1 is 1.44 bits per heavy atom. The predicted molar refractivity (Wildman–Crippen MR) is 65.5 cm³/mol.